The Morgan fingerprint density at radius 3 is 2.48 bits per heavy atom. The van der Waals surface area contributed by atoms with Crippen molar-refractivity contribution in [1.82, 2.24) is 9.97 Å². The Hall–Kier alpha value is -2.31. The third-order valence-electron chi connectivity index (χ3n) is 2.78. The summed E-state index contributed by atoms with van der Waals surface area (Å²) in [4.78, 5) is 6.66. The van der Waals surface area contributed by atoms with Crippen molar-refractivity contribution in [3.63, 3.8) is 0 Å². The van der Waals surface area contributed by atoms with Crippen molar-refractivity contribution in [3.8, 4) is 0 Å². The Balaban J connectivity index is 2.10. The van der Waals surface area contributed by atoms with Crippen LogP contribution in [0.4, 0.5) is 24.8 Å². The van der Waals surface area contributed by atoms with Gasteiger partial charge < -0.3 is 11.1 Å². The van der Waals surface area contributed by atoms with Crippen molar-refractivity contribution in [2.24, 2.45) is 0 Å². The summed E-state index contributed by atoms with van der Waals surface area (Å²) in [6, 6.07) is 10.8. The van der Waals surface area contributed by atoms with E-state index in [1.165, 1.54) is 6.07 Å². The molecule has 0 aliphatic heterocycles. The number of nitrogen functional groups attached to an aromatic ring is 1. The Bertz CT molecular complexity index is 599. The fraction of sp³-hybridized carbons (Fsp3) is 0.286. The lowest BCUT2D eigenvalue weighted by atomic mass is 10.1. The molecule has 1 unspecified atom stereocenters. The third kappa shape index (κ3) is 4.34. The van der Waals surface area contributed by atoms with Gasteiger partial charge in [0.1, 0.15) is 11.6 Å². The molecule has 7 heteroatoms. The SMILES string of the molecule is CC(Cc1ccccc1)Nc1cc(N)nc(C(F)(F)F)n1. The maximum Gasteiger partial charge on any atom is 0.451 e. The largest absolute Gasteiger partial charge is 0.451 e. The van der Waals surface area contributed by atoms with Crippen molar-refractivity contribution in [2.45, 2.75) is 25.6 Å². The fourth-order valence-electron chi connectivity index (χ4n) is 1.94. The van der Waals surface area contributed by atoms with E-state index in [0.717, 1.165) is 5.56 Å². The standard InChI is InChI=1S/C14H15F3N4/c1-9(7-10-5-3-2-4-6-10)19-12-8-11(18)20-13(21-12)14(15,16)17/h2-6,8-9H,7H2,1H3,(H3,18,19,20,21). The lowest BCUT2D eigenvalue weighted by molar-refractivity contribution is -0.144. The number of halogens is 3. The summed E-state index contributed by atoms with van der Waals surface area (Å²) in [5.74, 6) is -1.39. The molecule has 1 atom stereocenters. The minimum Gasteiger partial charge on any atom is -0.384 e. The molecule has 0 radical (unpaired) electrons. The van der Waals surface area contributed by atoms with Crippen molar-refractivity contribution < 1.29 is 13.2 Å². The topological polar surface area (TPSA) is 63.8 Å². The molecule has 0 aliphatic carbocycles. The summed E-state index contributed by atoms with van der Waals surface area (Å²) in [6.45, 7) is 1.86. The number of anilines is 2. The van der Waals surface area contributed by atoms with Gasteiger partial charge in [-0.3, -0.25) is 0 Å². The smallest absolute Gasteiger partial charge is 0.384 e. The first-order valence-electron chi connectivity index (χ1n) is 6.37. The van der Waals surface area contributed by atoms with Gasteiger partial charge in [0, 0.05) is 12.1 Å². The molecule has 2 rings (SSSR count). The number of hydrogen-bond acceptors (Lipinski definition) is 4. The van der Waals surface area contributed by atoms with Crippen LogP contribution in [0.3, 0.4) is 0 Å². The molecule has 21 heavy (non-hydrogen) atoms. The number of nitrogens with two attached hydrogens (primary N) is 1. The zero-order valence-electron chi connectivity index (χ0n) is 11.4. The Morgan fingerprint density at radius 1 is 1.19 bits per heavy atom. The van der Waals surface area contributed by atoms with Crippen molar-refractivity contribution in [3.05, 3.63) is 47.8 Å². The zero-order valence-corrected chi connectivity index (χ0v) is 11.4. The van der Waals surface area contributed by atoms with Crippen LogP contribution >= 0.6 is 0 Å². The first-order chi connectivity index (χ1) is 9.84. The number of alkyl halides is 3. The van der Waals surface area contributed by atoms with Gasteiger partial charge in [-0.05, 0) is 18.9 Å². The maximum atomic E-state index is 12.6. The third-order valence-corrected chi connectivity index (χ3v) is 2.78. The van der Waals surface area contributed by atoms with E-state index in [1.54, 1.807) is 0 Å². The van der Waals surface area contributed by atoms with Gasteiger partial charge in [0.05, 0.1) is 0 Å². The van der Waals surface area contributed by atoms with E-state index >= 15 is 0 Å². The molecule has 1 aromatic carbocycles. The molecule has 0 spiro atoms. The van der Waals surface area contributed by atoms with E-state index in [0.29, 0.717) is 6.42 Å². The molecule has 0 saturated heterocycles. The molecule has 2 aromatic rings. The molecule has 0 fully saturated rings. The highest BCUT2D eigenvalue weighted by Crippen LogP contribution is 2.27. The molecule has 0 amide bonds. The van der Waals surface area contributed by atoms with Crippen LogP contribution in [0, 0.1) is 0 Å². The van der Waals surface area contributed by atoms with Crippen LogP contribution in [0.25, 0.3) is 0 Å². The molecular weight excluding hydrogens is 281 g/mol. The number of nitrogens with zero attached hydrogens (tertiary/aromatic N) is 2. The highest BCUT2D eigenvalue weighted by molar-refractivity contribution is 5.45. The molecule has 0 saturated carbocycles. The monoisotopic (exact) mass is 296 g/mol. The average Bonchev–Trinajstić information content (AvgIpc) is 2.37. The lowest BCUT2D eigenvalue weighted by Gasteiger charge is -2.16. The van der Waals surface area contributed by atoms with Crippen molar-refractivity contribution in [1.29, 1.82) is 0 Å². The van der Waals surface area contributed by atoms with Gasteiger partial charge in [0.25, 0.3) is 0 Å². The molecule has 1 heterocycles. The lowest BCUT2D eigenvalue weighted by Crippen LogP contribution is -2.21. The van der Waals surface area contributed by atoms with Gasteiger partial charge in [0.2, 0.25) is 5.82 Å². The van der Waals surface area contributed by atoms with Crippen molar-refractivity contribution in [2.75, 3.05) is 11.1 Å². The van der Waals surface area contributed by atoms with Crippen LogP contribution in [-0.4, -0.2) is 16.0 Å². The van der Waals surface area contributed by atoms with E-state index in [2.05, 4.69) is 15.3 Å². The van der Waals surface area contributed by atoms with E-state index in [4.69, 9.17) is 5.73 Å². The second kappa shape index (κ2) is 5.99. The Morgan fingerprint density at radius 2 is 1.86 bits per heavy atom. The molecule has 4 nitrogen and oxygen atoms in total. The molecular formula is C14H15F3N4. The quantitative estimate of drug-likeness (QED) is 0.910. The van der Waals surface area contributed by atoms with E-state index in [9.17, 15) is 13.2 Å². The summed E-state index contributed by atoms with van der Waals surface area (Å²) in [5.41, 5.74) is 6.47. The minimum absolute atomic E-state index is 0.0678. The highest BCUT2D eigenvalue weighted by atomic mass is 19.4. The Kier molecular flexibility index (Phi) is 4.30. The number of benzene rings is 1. The van der Waals surface area contributed by atoms with Crippen molar-refractivity contribution >= 4 is 11.6 Å². The van der Waals surface area contributed by atoms with E-state index < -0.39 is 12.0 Å². The van der Waals surface area contributed by atoms with E-state index in [1.807, 2.05) is 37.3 Å². The summed E-state index contributed by atoms with van der Waals surface area (Å²) >= 11 is 0. The molecule has 1 aromatic heterocycles. The predicted molar refractivity (Wildman–Crippen MR) is 74.7 cm³/mol. The van der Waals surface area contributed by atoms with Crippen LogP contribution in [0.2, 0.25) is 0 Å². The first kappa shape index (κ1) is 15.1. The van der Waals surface area contributed by atoms with Gasteiger partial charge >= 0.3 is 6.18 Å². The van der Waals surface area contributed by atoms with Gasteiger partial charge in [-0.15, -0.1) is 0 Å². The number of hydrogen-bond donors (Lipinski definition) is 2. The second-order valence-corrected chi connectivity index (χ2v) is 4.73. The number of aromatic nitrogens is 2. The minimum atomic E-state index is -4.62. The summed E-state index contributed by atoms with van der Waals surface area (Å²) in [7, 11) is 0. The summed E-state index contributed by atoms with van der Waals surface area (Å²) < 4.78 is 37.9. The Labute approximate surface area is 120 Å². The highest BCUT2D eigenvalue weighted by Gasteiger charge is 2.35. The molecule has 0 aliphatic rings. The van der Waals surface area contributed by atoms with Crippen LogP contribution in [0.1, 0.15) is 18.3 Å². The predicted octanol–water partition coefficient (Wildman–Crippen LogP) is 3.12. The van der Waals surface area contributed by atoms with Crippen LogP contribution in [-0.2, 0) is 12.6 Å². The first-order valence-corrected chi connectivity index (χ1v) is 6.37. The molecule has 0 bridgehead atoms. The van der Waals surface area contributed by atoms with Crippen LogP contribution in [0.15, 0.2) is 36.4 Å². The number of nitrogens with one attached hydrogen (secondary N) is 1. The van der Waals surface area contributed by atoms with Crippen LogP contribution < -0.4 is 11.1 Å². The summed E-state index contributed by atoms with van der Waals surface area (Å²) in [6.07, 6.45) is -3.96. The molecule has 3 N–H and O–H groups in total. The van der Waals surface area contributed by atoms with Gasteiger partial charge in [-0.2, -0.15) is 13.2 Å². The second-order valence-electron chi connectivity index (χ2n) is 4.73. The van der Waals surface area contributed by atoms with Gasteiger partial charge in [-0.25, -0.2) is 9.97 Å². The summed E-state index contributed by atoms with van der Waals surface area (Å²) in [5, 5.41) is 2.91. The van der Waals surface area contributed by atoms with E-state index in [-0.39, 0.29) is 17.7 Å². The molecule has 112 valence electrons. The van der Waals surface area contributed by atoms with Gasteiger partial charge in [0.15, 0.2) is 0 Å². The zero-order chi connectivity index (χ0) is 15.5. The fourth-order valence-corrected chi connectivity index (χ4v) is 1.94. The maximum absolute atomic E-state index is 12.6. The van der Waals surface area contributed by atoms with Gasteiger partial charge in [-0.1, -0.05) is 30.3 Å². The average molecular weight is 296 g/mol. The van der Waals surface area contributed by atoms with Crippen LogP contribution in [0.5, 0.6) is 0 Å². The normalized spacial score (nSPS) is 13.0. The number of rotatable bonds is 4.